The molecule has 0 fully saturated rings. The van der Waals surface area contributed by atoms with Gasteiger partial charge in [0, 0.05) is 15.6 Å². The van der Waals surface area contributed by atoms with Crippen molar-refractivity contribution in [1.29, 1.82) is 0 Å². The van der Waals surface area contributed by atoms with Crippen LogP contribution in [-0.2, 0) is 6.98 Å². The van der Waals surface area contributed by atoms with Gasteiger partial charge in [0.05, 0.1) is 11.0 Å². The molecule has 0 radical (unpaired) electrons. The van der Waals surface area contributed by atoms with Crippen molar-refractivity contribution in [2.24, 2.45) is 6.98 Å². The van der Waals surface area contributed by atoms with Crippen molar-refractivity contribution in [3.05, 3.63) is 33.2 Å². The monoisotopic (exact) mass is 229 g/mol. The molecule has 0 aliphatic carbocycles. The molecule has 0 aliphatic heterocycles. The molecule has 2 rings (SSSR count). The zero-order chi connectivity index (χ0) is 11.2. The number of benzene rings is 1. The Balaban J connectivity index is 2.89. The molecule has 12 heavy (non-hydrogen) atoms. The molecule has 0 bridgehead atoms. The first-order valence-electron chi connectivity index (χ1n) is 4.80. The Bertz CT molecular complexity index is 569. The maximum absolute atomic E-state index is 11.4. The van der Waals surface area contributed by atoms with Gasteiger partial charge in [0.2, 0.25) is 0 Å². The van der Waals surface area contributed by atoms with Crippen molar-refractivity contribution in [2.45, 2.75) is 0 Å². The lowest BCUT2D eigenvalue weighted by Crippen LogP contribution is -2.11. The average Bonchev–Trinajstić information content (AvgIpc) is 2.38. The van der Waals surface area contributed by atoms with Gasteiger partial charge < -0.3 is 4.98 Å². The lowest BCUT2D eigenvalue weighted by atomic mass is 10.3. The van der Waals surface area contributed by atoms with Gasteiger partial charge in [0.15, 0.2) is 0 Å². The molecule has 1 aromatic carbocycles. The molecule has 1 heterocycles. The third-order valence-electron chi connectivity index (χ3n) is 1.65. The molecule has 4 heteroatoms. The number of fused-ring (bicyclic) bond motifs is 1. The Morgan fingerprint density at radius 1 is 1.67 bits per heavy atom. The fourth-order valence-corrected chi connectivity index (χ4v) is 1.43. The van der Waals surface area contributed by atoms with Gasteiger partial charge in [-0.3, -0.25) is 4.57 Å². The van der Waals surface area contributed by atoms with Crippen LogP contribution in [0.15, 0.2) is 27.5 Å². The summed E-state index contributed by atoms with van der Waals surface area (Å²) in [4.78, 5) is 13.9. The third-order valence-corrected chi connectivity index (χ3v) is 2.14. The minimum absolute atomic E-state index is 0.370. The van der Waals surface area contributed by atoms with Crippen molar-refractivity contribution >= 4 is 27.0 Å². The van der Waals surface area contributed by atoms with Crippen LogP contribution in [0, 0.1) is 0 Å². The molecular formula is C8H7BrN2O. The van der Waals surface area contributed by atoms with Gasteiger partial charge in [0.25, 0.3) is 0 Å². The van der Waals surface area contributed by atoms with Crippen molar-refractivity contribution in [3.8, 4) is 0 Å². The van der Waals surface area contributed by atoms with Crippen LogP contribution in [0.5, 0.6) is 0 Å². The van der Waals surface area contributed by atoms with Gasteiger partial charge in [-0.25, -0.2) is 4.79 Å². The van der Waals surface area contributed by atoms with E-state index in [4.69, 9.17) is 4.11 Å². The van der Waals surface area contributed by atoms with E-state index in [-0.39, 0.29) is 0 Å². The first kappa shape index (κ1) is 4.87. The largest absolute Gasteiger partial charge is 0.326 e. The van der Waals surface area contributed by atoms with Crippen LogP contribution in [0.25, 0.3) is 11.0 Å². The first-order chi connectivity index (χ1) is 6.89. The SMILES string of the molecule is [2H]C([2H])([2H])n1c(=O)[nH]c2ccc(Br)cc21. The van der Waals surface area contributed by atoms with Gasteiger partial charge in [0.1, 0.15) is 0 Å². The standard InChI is InChI=1S/C8H7BrN2O/c1-11-7-4-5(9)2-3-6(7)10-8(11)12/h2-4H,1H3,(H,10,12)/i1D3. The fourth-order valence-electron chi connectivity index (χ4n) is 1.08. The van der Waals surface area contributed by atoms with E-state index < -0.39 is 12.7 Å². The number of H-pyrrole nitrogens is 1. The number of nitrogens with zero attached hydrogens (tertiary/aromatic N) is 1. The van der Waals surface area contributed by atoms with Gasteiger partial charge in [-0.2, -0.15) is 0 Å². The minimum atomic E-state index is -2.46. The summed E-state index contributed by atoms with van der Waals surface area (Å²) in [6.07, 6.45) is 0. The van der Waals surface area contributed by atoms with E-state index in [2.05, 4.69) is 20.9 Å². The summed E-state index contributed by atoms with van der Waals surface area (Å²) < 4.78 is 23.2. The van der Waals surface area contributed by atoms with Crippen LogP contribution < -0.4 is 5.69 Å². The van der Waals surface area contributed by atoms with Crippen LogP contribution in [-0.4, -0.2) is 9.55 Å². The van der Waals surface area contributed by atoms with E-state index in [1.807, 2.05) is 0 Å². The second-order valence-corrected chi connectivity index (χ2v) is 3.34. The number of hydrogen-bond donors (Lipinski definition) is 1. The number of hydrogen-bond acceptors (Lipinski definition) is 1. The number of aromatic nitrogens is 2. The third kappa shape index (κ3) is 0.992. The predicted octanol–water partition coefficient (Wildman–Crippen LogP) is 1.63. The molecule has 0 amide bonds. The van der Waals surface area contributed by atoms with Gasteiger partial charge in [-0.1, -0.05) is 15.9 Å². The smallest absolute Gasteiger partial charge is 0.306 e. The van der Waals surface area contributed by atoms with Crippen molar-refractivity contribution in [1.82, 2.24) is 9.55 Å². The molecule has 0 saturated heterocycles. The Labute approximate surface area is 81.4 Å². The zero-order valence-corrected chi connectivity index (χ0v) is 7.55. The highest BCUT2D eigenvalue weighted by Gasteiger charge is 2.01. The Morgan fingerprint density at radius 2 is 2.50 bits per heavy atom. The maximum Gasteiger partial charge on any atom is 0.326 e. The fraction of sp³-hybridized carbons (Fsp3) is 0.125. The molecule has 1 aromatic heterocycles. The molecule has 0 spiro atoms. The summed E-state index contributed by atoms with van der Waals surface area (Å²) in [5.41, 5.74) is 0.261. The Kier molecular flexibility index (Phi) is 1.01. The molecule has 0 unspecified atom stereocenters. The summed E-state index contributed by atoms with van der Waals surface area (Å²) in [5.74, 6) is 0. The molecule has 3 nitrogen and oxygen atoms in total. The number of halogens is 1. The lowest BCUT2D eigenvalue weighted by Gasteiger charge is -1.93. The lowest BCUT2D eigenvalue weighted by molar-refractivity contribution is 0.891. The highest BCUT2D eigenvalue weighted by Crippen LogP contribution is 2.16. The van der Waals surface area contributed by atoms with E-state index in [1.54, 1.807) is 18.2 Å². The highest BCUT2D eigenvalue weighted by molar-refractivity contribution is 9.10. The summed E-state index contributed by atoms with van der Waals surface area (Å²) in [5, 5.41) is 0. The molecule has 62 valence electrons. The van der Waals surface area contributed by atoms with Crippen molar-refractivity contribution in [2.75, 3.05) is 0 Å². The summed E-state index contributed by atoms with van der Waals surface area (Å²) in [6.45, 7) is -2.46. The summed E-state index contributed by atoms with van der Waals surface area (Å²) >= 11 is 3.23. The Hall–Kier alpha value is -1.03. The number of imidazole rings is 1. The number of nitrogens with one attached hydrogen (secondary N) is 1. The second kappa shape index (κ2) is 2.48. The Morgan fingerprint density at radius 3 is 3.25 bits per heavy atom. The van der Waals surface area contributed by atoms with Crippen molar-refractivity contribution in [3.63, 3.8) is 0 Å². The maximum atomic E-state index is 11.4. The number of aromatic amines is 1. The highest BCUT2D eigenvalue weighted by atomic mass is 79.9. The van der Waals surface area contributed by atoms with Gasteiger partial charge >= 0.3 is 5.69 Å². The van der Waals surface area contributed by atoms with E-state index in [1.165, 1.54) is 0 Å². The van der Waals surface area contributed by atoms with Crippen LogP contribution in [0.4, 0.5) is 0 Å². The van der Waals surface area contributed by atoms with Crippen LogP contribution in [0.2, 0.25) is 0 Å². The van der Waals surface area contributed by atoms with E-state index in [0.717, 1.165) is 9.04 Å². The van der Waals surface area contributed by atoms with Gasteiger partial charge in [-0.05, 0) is 18.2 Å². The van der Waals surface area contributed by atoms with E-state index in [9.17, 15) is 4.79 Å². The minimum Gasteiger partial charge on any atom is -0.306 e. The topological polar surface area (TPSA) is 37.8 Å². The molecule has 0 atom stereocenters. The molecule has 0 saturated carbocycles. The zero-order valence-electron chi connectivity index (χ0n) is 8.97. The molecule has 1 N–H and O–H groups in total. The summed E-state index contributed by atoms with van der Waals surface area (Å²) in [7, 11) is 0. The number of aryl methyl sites for hydroxylation is 1. The average molecular weight is 230 g/mol. The predicted molar refractivity (Wildman–Crippen MR) is 51.2 cm³/mol. The summed E-state index contributed by atoms with van der Waals surface area (Å²) in [6, 6.07) is 4.99. The van der Waals surface area contributed by atoms with Crippen LogP contribution in [0.1, 0.15) is 4.11 Å². The number of rotatable bonds is 0. The van der Waals surface area contributed by atoms with Crippen LogP contribution >= 0.6 is 15.9 Å². The normalized spacial score (nSPS) is 15.6. The second-order valence-electron chi connectivity index (χ2n) is 2.43. The molecule has 0 aliphatic rings. The molecular weight excluding hydrogens is 220 g/mol. The van der Waals surface area contributed by atoms with E-state index >= 15 is 0 Å². The van der Waals surface area contributed by atoms with Gasteiger partial charge in [-0.15, -0.1) is 0 Å². The van der Waals surface area contributed by atoms with Crippen molar-refractivity contribution < 1.29 is 4.11 Å². The molecule has 2 aromatic rings. The van der Waals surface area contributed by atoms with Crippen LogP contribution in [0.3, 0.4) is 0 Å². The quantitative estimate of drug-likeness (QED) is 0.733. The van der Waals surface area contributed by atoms with E-state index in [0.29, 0.717) is 11.0 Å². The first-order valence-corrected chi connectivity index (χ1v) is 4.09.